The number of benzene rings is 2. The quantitative estimate of drug-likeness (QED) is 0.304. The molecule has 0 aromatic heterocycles. The van der Waals surface area contributed by atoms with Crippen molar-refractivity contribution < 1.29 is 9.72 Å². The van der Waals surface area contributed by atoms with Gasteiger partial charge >= 0.3 is 0 Å². The van der Waals surface area contributed by atoms with Crippen LogP contribution in [0.15, 0.2) is 53.4 Å². The Morgan fingerprint density at radius 2 is 1.67 bits per heavy atom. The molecule has 1 fully saturated rings. The Balaban J connectivity index is 1.85. The largest absolute Gasteiger partial charge is 0.270 e. The van der Waals surface area contributed by atoms with Gasteiger partial charge in [0.25, 0.3) is 11.6 Å². The first kappa shape index (κ1) is 19.3. The van der Waals surface area contributed by atoms with E-state index in [2.05, 4.69) is 32.9 Å². The summed E-state index contributed by atoms with van der Waals surface area (Å²) in [5.41, 5.74) is 2.70. The smallest absolute Gasteiger partial charge is 0.268 e. The van der Waals surface area contributed by atoms with Gasteiger partial charge in [0.05, 0.1) is 15.5 Å². The lowest BCUT2D eigenvalue weighted by Gasteiger charge is -2.18. The lowest BCUT2D eigenvalue weighted by Crippen LogP contribution is -2.27. The average molecular weight is 399 g/mol. The molecule has 0 radical (unpaired) electrons. The minimum Gasteiger partial charge on any atom is -0.268 e. The van der Waals surface area contributed by atoms with Crippen LogP contribution in [0.2, 0.25) is 0 Å². The summed E-state index contributed by atoms with van der Waals surface area (Å²) in [5, 5.41) is 10.8. The van der Waals surface area contributed by atoms with Crippen LogP contribution in [0.4, 0.5) is 11.4 Å². The number of rotatable bonds is 3. The molecule has 138 valence electrons. The van der Waals surface area contributed by atoms with Gasteiger partial charge in [0.2, 0.25) is 0 Å². The summed E-state index contributed by atoms with van der Waals surface area (Å²) in [4.78, 5) is 25.0. The third kappa shape index (κ3) is 4.09. The Morgan fingerprint density at radius 1 is 1.07 bits per heavy atom. The molecule has 1 saturated heterocycles. The van der Waals surface area contributed by atoms with Crippen LogP contribution >= 0.6 is 24.0 Å². The molecule has 1 heterocycles. The predicted octanol–water partition coefficient (Wildman–Crippen LogP) is 5.30. The molecule has 1 aliphatic heterocycles. The normalized spacial score (nSPS) is 16.3. The van der Waals surface area contributed by atoms with Crippen molar-refractivity contribution in [2.75, 3.05) is 4.90 Å². The van der Waals surface area contributed by atoms with Crippen molar-refractivity contribution in [1.82, 2.24) is 0 Å². The Morgan fingerprint density at radius 3 is 2.19 bits per heavy atom. The van der Waals surface area contributed by atoms with Crippen molar-refractivity contribution in [2.24, 2.45) is 0 Å². The van der Waals surface area contributed by atoms with Crippen molar-refractivity contribution >= 4 is 51.7 Å². The number of nitro groups is 1. The molecule has 27 heavy (non-hydrogen) atoms. The van der Waals surface area contributed by atoms with Gasteiger partial charge in [-0.15, -0.1) is 0 Å². The van der Waals surface area contributed by atoms with E-state index in [-0.39, 0.29) is 17.0 Å². The van der Waals surface area contributed by atoms with Crippen LogP contribution in [0.5, 0.6) is 0 Å². The summed E-state index contributed by atoms with van der Waals surface area (Å²) in [7, 11) is 0. The van der Waals surface area contributed by atoms with E-state index in [0.717, 1.165) is 5.56 Å². The second-order valence-electron chi connectivity index (χ2n) is 7.16. The topological polar surface area (TPSA) is 63.4 Å². The fourth-order valence-corrected chi connectivity index (χ4v) is 3.94. The monoisotopic (exact) mass is 398 g/mol. The highest BCUT2D eigenvalue weighted by molar-refractivity contribution is 8.27. The molecule has 1 amide bonds. The van der Waals surface area contributed by atoms with E-state index in [1.165, 1.54) is 46.5 Å². The first-order valence-corrected chi connectivity index (χ1v) is 9.52. The molecule has 2 aromatic rings. The first-order chi connectivity index (χ1) is 12.7. The number of nitrogens with zero attached hydrogens (tertiary/aromatic N) is 2. The Hall–Kier alpha value is -2.51. The molecule has 5 nitrogen and oxygen atoms in total. The molecule has 7 heteroatoms. The van der Waals surface area contributed by atoms with Crippen molar-refractivity contribution in [3.8, 4) is 0 Å². The van der Waals surface area contributed by atoms with E-state index in [1.807, 2.05) is 18.2 Å². The van der Waals surface area contributed by atoms with E-state index in [9.17, 15) is 14.9 Å². The fourth-order valence-electron chi connectivity index (χ4n) is 2.64. The first-order valence-electron chi connectivity index (χ1n) is 8.30. The zero-order chi connectivity index (χ0) is 19.8. The molecular formula is C20H18N2O3S2. The van der Waals surface area contributed by atoms with Crippen molar-refractivity contribution in [3.63, 3.8) is 0 Å². The maximum Gasteiger partial charge on any atom is 0.270 e. The number of carbonyl (C=O) groups excluding carboxylic acids is 1. The highest BCUT2D eigenvalue weighted by Gasteiger charge is 2.33. The zero-order valence-electron chi connectivity index (χ0n) is 15.1. The highest BCUT2D eigenvalue weighted by atomic mass is 32.2. The minimum atomic E-state index is -0.477. The van der Waals surface area contributed by atoms with Crippen LogP contribution in [0.1, 0.15) is 31.9 Å². The van der Waals surface area contributed by atoms with Gasteiger partial charge in [-0.05, 0) is 34.8 Å². The number of nitro benzene ring substituents is 1. The number of anilines is 1. The molecule has 1 aliphatic rings. The van der Waals surface area contributed by atoms with Gasteiger partial charge in [-0.1, -0.05) is 69.0 Å². The fraction of sp³-hybridized carbons (Fsp3) is 0.200. The van der Waals surface area contributed by atoms with Crippen LogP contribution < -0.4 is 4.90 Å². The number of amides is 1. The van der Waals surface area contributed by atoms with E-state index in [0.29, 0.717) is 14.9 Å². The summed E-state index contributed by atoms with van der Waals surface area (Å²) >= 11 is 6.57. The zero-order valence-corrected chi connectivity index (χ0v) is 16.8. The van der Waals surface area contributed by atoms with E-state index in [4.69, 9.17) is 12.2 Å². The van der Waals surface area contributed by atoms with Crippen LogP contribution in [0.25, 0.3) is 6.08 Å². The van der Waals surface area contributed by atoms with E-state index in [1.54, 1.807) is 0 Å². The lowest BCUT2D eigenvalue weighted by atomic mass is 9.87. The number of thiocarbonyl (C=S) groups is 1. The van der Waals surface area contributed by atoms with Crippen LogP contribution in [0.3, 0.4) is 0 Å². The molecule has 0 N–H and O–H groups in total. The van der Waals surface area contributed by atoms with Crippen LogP contribution in [0, 0.1) is 10.1 Å². The third-order valence-corrected chi connectivity index (χ3v) is 5.49. The maximum atomic E-state index is 12.8. The molecular weight excluding hydrogens is 380 g/mol. The van der Waals surface area contributed by atoms with Crippen molar-refractivity contribution in [1.29, 1.82) is 0 Å². The standard InChI is InChI=1S/C20H18N2O3S2/c1-20(2,3)14-6-4-13(5-7-14)12-17-18(23)21(19(26)27-17)15-8-10-16(11-9-15)22(24)25/h4-12H,1-3H3/b17-12+. The third-order valence-electron chi connectivity index (χ3n) is 4.19. The molecule has 0 aliphatic carbocycles. The molecule has 3 rings (SSSR count). The Labute approximate surface area is 167 Å². The number of non-ortho nitro benzene ring substituents is 1. The second-order valence-corrected chi connectivity index (χ2v) is 8.84. The summed E-state index contributed by atoms with van der Waals surface area (Å²) in [6, 6.07) is 13.9. The van der Waals surface area contributed by atoms with Gasteiger partial charge in [-0.3, -0.25) is 19.8 Å². The molecule has 0 spiro atoms. The average Bonchev–Trinajstić information content (AvgIpc) is 2.88. The van der Waals surface area contributed by atoms with Gasteiger partial charge in [-0.2, -0.15) is 0 Å². The van der Waals surface area contributed by atoms with Gasteiger partial charge in [0.15, 0.2) is 4.32 Å². The molecule has 0 unspecified atom stereocenters. The molecule has 0 saturated carbocycles. The van der Waals surface area contributed by atoms with Crippen molar-refractivity contribution in [2.45, 2.75) is 26.2 Å². The van der Waals surface area contributed by atoms with E-state index >= 15 is 0 Å². The number of carbonyl (C=O) groups is 1. The molecule has 0 atom stereocenters. The SMILES string of the molecule is CC(C)(C)c1ccc(/C=C2/SC(=S)N(c3ccc([N+](=O)[O-])cc3)C2=O)cc1. The number of thioether (sulfide) groups is 1. The predicted molar refractivity (Wildman–Crippen MR) is 114 cm³/mol. The summed E-state index contributed by atoms with van der Waals surface area (Å²) < 4.78 is 0.409. The second kappa shape index (κ2) is 7.25. The number of hydrogen-bond donors (Lipinski definition) is 0. The van der Waals surface area contributed by atoms with Crippen molar-refractivity contribution in [3.05, 3.63) is 74.7 Å². The maximum absolute atomic E-state index is 12.8. The van der Waals surface area contributed by atoms with Gasteiger partial charge in [0.1, 0.15) is 0 Å². The molecule has 2 aromatic carbocycles. The Bertz CT molecular complexity index is 943. The van der Waals surface area contributed by atoms with Gasteiger partial charge in [-0.25, -0.2) is 0 Å². The Kier molecular flexibility index (Phi) is 5.17. The molecule has 0 bridgehead atoms. The summed E-state index contributed by atoms with van der Waals surface area (Å²) in [6.45, 7) is 6.45. The minimum absolute atomic E-state index is 0.0290. The van der Waals surface area contributed by atoms with Crippen LogP contribution in [-0.2, 0) is 10.2 Å². The van der Waals surface area contributed by atoms with Gasteiger partial charge in [0, 0.05) is 12.1 Å². The van der Waals surface area contributed by atoms with Gasteiger partial charge < -0.3 is 0 Å². The van der Waals surface area contributed by atoms with E-state index < -0.39 is 4.92 Å². The number of hydrogen-bond acceptors (Lipinski definition) is 5. The summed E-state index contributed by atoms with van der Waals surface area (Å²) in [6.07, 6.45) is 1.82. The summed E-state index contributed by atoms with van der Waals surface area (Å²) in [5.74, 6) is -0.223. The highest BCUT2D eigenvalue weighted by Crippen LogP contribution is 2.36. The van der Waals surface area contributed by atoms with Crippen LogP contribution in [-0.4, -0.2) is 15.2 Å². The lowest BCUT2D eigenvalue weighted by molar-refractivity contribution is -0.384.